The molecule has 0 bridgehead atoms. The Kier molecular flexibility index (Phi) is 5.53. The number of carbonyl (C=O) groups excluding carboxylic acids is 1. The number of thiophene rings is 1. The molecule has 2 rings (SSSR count). The summed E-state index contributed by atoms with van der Waals surface area (Å²) in [6, 6.07) is 1.82. The third-order valence-corrected chi connectivity index (χ3v) is 6.02. The zero-order valence-corrected chi connectivity index (χ0v) is 13.2. The van der Waals surface area contributed by atoms with Crippen molar-refractivity contribution in [2.45, 2.75) is 30.4 Å². The van der Waals surface area contributed by atoms with Gasteiger partial charge in [0.25, 0.3) is 5.91 Å². The Hall–Kier alpha value is -0.960. The lowest BCUT2D eigenvalue weighted by Gasteiger charge is -2.26. The van der Waals surface area contributed by atoms with Crippen LogP contribution in [0.5, 0.6) is 0 Å². The third-order valence-electron chi connectivity index (χ3n) is 3.69. The standard InChI is InChI=1S/C15H19NO2S2/c1-19-15(7-2-3-8-15)11-16-14(18)13-12(5-4-9-17)6-10-20-13/h6,10,17H,2-3,7-9,11H2,1H3,(H,16,18). The van der Waals surface area contributed by atoms with E-state index >= 15 is 0 Å². The molecule has 1 fully saturated rings. The molecule has 1 aromatic rings. The van der Waals surface area contributed by atoms with Crippen LogP contribution < -0.4 is 5.32 Å². The van der Waals surface area contributed by atoms with Gasteiger partial charge in [-0.3, -0.25) is 4.79 Å². The second-order valence-corrected chi connectivity index (χ2v) is 7.09. The summed E-state index contributed by atoms with van der Waals surface area (Å²) in [6.07, 6.45) is 6.98. The van der Waals surface area contributed by atoms with E-state index < -0.39 is 0 Å². The van der Waals surface area contributed by atoms with Crippen LogP contribution in [0.25, 0.3) is 0 Å². The summed E-state index contributed by atoms with van der Waals surface area (Å²) in [4.78, 5) is 12.9. The minimum absolute atomic E-state index is 0.0532. The molecule has 1 saturated carbocycles. The molecule has 0 radical (unpaired) electrons. The van der Waals surface area contributed by atoms with Gasteiger partial charge in [-0.1, -0.05) is 24.7 Å². The number of aliphatic hydroxyl groups excluding tert-OH is 1. The zero-order chi connectivity index (χ0) is 14.4. The molecule has 0 aromatic carbocycles. The maximum absolute atomic E-state index is 12.3. The fraction of sp³-hybridized carbons (Fsp3) is 0.533. The van der Waals surface area contributed by atoms with Crippen molar-refractivity contribution in [3.63, 3.8) is 0 Å². The molecule has 108 valence electrons. The van der Waals surface area contributed by atoms with Gasteiger partial charge in [0, 0.05) is 16.9 Å². The molecular weight excluding hydrogens is 290 g/mol. The summed E-state index contributed by atoms with van der Waals surface area (Å²) in [7, 11) is 0. The Labute approximate surface area is 128 Å². The first kappa shape index (κ1) is 15.4. The molecule has 2 N–H and O–H groups in total. The minimum atomic E-state index is -0.188. The summed E-state index contributed by atoms with van der Waals surface area (Å²) in [5.41, 5.74) is 0.700. The molecule has 0 unspecified atom stereocenters. The molecule has 1 aromatic heterocycles. The predicted molar refractivity (Wildman–Crippen MR) is 85.3 cm³/mol. The molecule has 0 atom stereocenters. The quantitative estimate of drug-likeness (QED) is 0.840. The van der Waals surface area contributed by atoms with Crippen LogP contribution in [0.4, 0.5) is 0 Å². The molecule has 3 nitrogen and oxygen atoms in total. The van der Waals surface area contributed by atoms with E-state index in [9.17, 15) is 4.79 Å². The highest BCUT2D eigenvalue weighted by atomic mass is 32.2. The minimum Gasteiger partial charge on any atom is -0.384 e. The molecule has 1 amide bonds. The lowest BCUT2D eigenvalue weighted by molar-refractivity contribution is 0.0953. The highest BCUT2D eigenvalue weighted by Crippen LogP contribution is 2.39. The average molecular weight is 309 g/mol. The molecular formula is C15H19NO2S2. The Balaban J connectivity index is 2.00. The topological polar surface area (TPSA) is 49.3 Å². The van der Waals surface area contributed by atoms with Gasteiger partial charge >= 0.3 is 0 Å². The van der Waals surface area contributed by atoms with E-state index in [1.807, 2.05) is 23.2 Å². The number of thioether (sulfide) groups is 1. The predicted octanol–water partition coefficient (Wildman–Crippen LogP) is 2.50. The van der Waals surface area contributed by atoms with Gasteiger partial charge in [0.15, 0.2) is 0 Å². The fourth-order valence-electron chi connectivity index (χ4n) is 2.51. The van der Waals surface area contributed by atoms with E-state index in [0.717, 1.165) is 6.54 Å². The molecule has 0 spiro atoms. The van der Waals surface area contributed by atoms with E-state index in [0.29, 0.717) is 10.4 Å². The Morgan fingerprint density at radius 3 is 2.95 bits per heavy atom. The first-order chi connectivity index (χ1) is 9.71. The van der Waals surface area contributed by atoms with Gasteiger partial charge in [0.05, 0.1) is 0 Å². The molecule has 1 aliphatic carbocycles. The lowest BCUT2D eigenvalue weighted by Crippen LogP contribution is -2.38. The van der Waals surface area contributed by atoms with E-state index in [1.54, 1.807) is 0 Å². The highest BCUT2D eigenvalue weighted by molar-refractivity contribution is 8.00. The summed E-state index contributed by atoms with van der Waals surface area (Å²) in [5, 5.41) is 13.6. The number of rotatable bonds is 4. The summed E-state index contributed by atoms with van der Waals surface area (Å²) >= 11 is 3.26. The molecule has 20 heavy (non-hydrogen) atoms. The van der Waals surface area contributed by atoms with Crippen LogP contribution in [0.15, 0.2) is 11.4 Å². The Morgan fingerprint density at radius 1 is 1.55 bits per heavy atom. The van der Waals surface area contributed by atoms with Gasteiger partial charge in [-0.15, -0.1) is 11.3 Å². The van der Waals surface area contributed by atoms with Crippen LogP contribution >= 0.6 is 23.1 Å². The molecule has 1 aliphatic rings. The Bertz CT molecular complexity index is 521. The monoisotopic (exact) mass is 309 g/mol. The maximum atomic E-state index is 12.3. The number of carbonyl (C=O) groups is 1. The molecule has 1 heterocycles. The zero-order valence-electron chi connectivity index (χ0n) is 11.6. The van der Waals surface area contributed by atoms with Crippen molar-refractivity contribution in [2.75, 3.05) is 19.4 Å². The van der Waals surface area contributed by atoms with Crippen molar-refractivity contribution in [1.82, 2.24) is 5.32 Å². The second kappa shape index (κ2) is 7.16. The van der Waals surface area contributed by atoms with Crippen LogP contribution in [0, 0.1) is 11.8 Å². The first-order valence-corrected chi connectivity index (χ1v) is 8.82. The van der Waals surface area contributed by atoms with E-state index in [2.05, 4.69) is 23.4 Å². The van der Waals surface area contributed by atoms with Crippen LogP contribution in [-0.4, -0.2) is 35.2 Å². The third kappa shape index (κ3) is 3.57. The number of nitrogens with one attached hydrogen (secondary N) is 1. The van der Waals surface area contributed by atoms with Crippen molar-refractivity contribution in [3.8, 4) is 11.8 Å². The smallest absolute Gasteiger partial charge is 0.262 e. The maximum Gasteiger partial charge on any atom is 0.262 e. The van der Waals surface area contributed by atoms with Crippen molar-refractivity contribution >= 4 is 29.0 Å². The van der Waals surface area contributed by atoms with Crippen molar-refractivity contribution in [2.24, 2.45) is 0 Å². The van der Waals surface area contributed by atoms with Gasteiger partial charge in [-0.25, -0.2) is 0 Å². The summed E-state index contributed by atoms with van der Waals surface area (Å²) in [6.45, 7) is 0.532. The molecule has 5 heteroatoms. The van der Waals surface area contributed by atoms with Crippen molar-refractivity contribution in [3.05, 3.63) is 21.9 Å². The van der Waals surface area contributed by atoms with E-state index in [-0.39, 0.29) is 17.3 Å². The van der Waals surface area contributed by atoms with Gasteiger partial charge in [-0.2, -0.15) is 11.8 Å². The number of hydrogen-bond donors (Lipinski definition) is 2. The largest absolute Gasteiger partial charge is 0.384 e. The van der Waals surface area contributed by atoms with Crippen LogP contribution in [0.3, 0.4) is 0 Å². The van der Waals surface area contributed by atoms with E-state index in [4.69, 9.17) is 5.11 Å². The van der Waals surface area contributed by atoms with Crippen molar-refractivity contribution < 1.29 is 9.90 Å². The molecule has 0 aliphatic heterocycles. The summed E-state index contributed by atoms with van der Waals surface area (Å²) in [5.74, 6) is 5.36. The SMILES string of the molecule is CSC1(CNC(=O)c2sccc2C#CCO)CCCC1. The van der Waals surface area contributed by atoms with Gasteiger partial charge in [0.1, 0.15) is 11.5 Å². The Morgan fingerprint density at radius 2 is 2.30 bits per heavy atom. The number of amides is 1. The summed E-state index contributed by atoms with van der Waals surface area (Å²) < 4.78 is 0.212. The second-order valence-electron chi connectivity index (χ2n) is 4.90. The number of aliphatic hydroxyl groups is 1. The van der Waals surface area contributed by atoms with Crippen LogP contribution in [-0.2, 0) is 0 Å². The van der Waals surface area contributed by atoms with Crippen molar-refractivity contribution in [1.29, 1.82) is 0 Å². The first-order valence-electron chi connectivity index (χ1n) is 6.71. The lowest BCUT2D eigenvalue weighted by atomic mass is 10.1. The van der Waals surface area contributed by atoms with Gasteiger partial charge in [-0.05, 0) is 30.5 Å². The molecule has 0 saturated heterocycles. The normalized spacial score (nSPS) is 16.5. The van der Waals surface area contributed by atoms with Gasteiger partial charge in [0.2, 0.25) is 0 Å². The van der Waals surface area contributed by atoms with Gasteiger partial charge < -0.3 is 10.4 Å². The average Bonchev–Trinajstić information content (AvgIpc) is 3.12. The van der Waals surface area contributed by atoms with Crippen LogP contribution in [0.1, 0.15) is 40.9 Å². The highest BCUT2D eigenvalue weighted by Gasteiger charge is 2.33. The van der Waals surface area contributed by atoms with E-state index in [1.165, 1.54) is 37.0 Å². The van der Waals surface area contributed by atoms with Crippen LogP contribution in [0.2, 0.25) is 0 Å². The number of hydrogen-bond acceptors (Lipinski definition) is 4. The fourth-order valence-corrected chi connectivity index (χ4v) is 4.19.